The molecule has 0 aliphatic heterocycles. The van der Waals surface area contributed by atoms with Gasteiger partial charge in [0.15, 0.2) is 0 Å². The van der Waals surface area contributed by atoms with Crippen LogP contribution < -0.4 is 21.7 Å². The van der Waals surface area contributed by atoms with Gasteiger partial charge in [0.1, 0.15) is 0 Å². The number of urea groups is 1. The Balaban J connectivity index is 0.00000400. The Kier molecular flexibility index (Phi) is 9.16. The van der Waals surface area contributed by atoms with E-state index in [0.717, 1.165) is 5.56 Å². The maximum atomic E-state index is 11.5. The van der Waals surface area contributed by atoms with Crippen molar-refractivity contribution in [3.63, 3.8) is 0 Å². The zero-order valence-corrected chi connectivity index (χ0v) is 13.1. The summed E-state index contributed by atoms with van der Waals surface area (Å²) in [5.41, 5.74) is 6.96. The maximum Gasteiger partial charge on any atom is 0.319 e. The van der Waals surface area contributed by atoms with E-state index < -0.39 is 0 Å². The number of carbonyl (C=O) groups is 2. The van der Waals surface area contributed by atoms with Crippen LogP contribution in [0.2, 0.25) is 0 Å². The molecule has 3 amide bonds. The van der Waals surface area contributed by atoms with E-state index >= 15 is 0 Å². The van der Waals surface area contributed by atoms with Gasteiger partial charge in [-0.05, 0) is 31.5 Å². The highest BCUT2D eigenvalue weighted by molar-refractivity contribution is 5.89. The number of rotatable bonds is 6. The molecule has 0 atom stereocenters. The molecular weight excluding hydrogens is 292 g/mol. The topological polar surface area (TPSA) is 96.2 Å². The minimum Gasteiger partial charge on any atom is -0.352 e. The third-order valence-electron chi connectivity index (χ3n) is 2.49. The molecule has 0 radical (unpaired) electrons. The molecule has 118 valence electrons. The number of nitrogens with one attached hydrogen (secondary N) is 3. The Bertz CT molecular complexity index is 449. The van der Waals surface area contributed by atoms with Crippen molar-refractivity contribution in [1.82, 2.24) is 10.6 Å². The third-order valence-corrected chi connectivity index (χ3v) is 2.49. The Hall–Kier alpha value is -1.79. The molecular formula is C14H23ClN4O2. The fraction of sp³-hybridized carbons (Fsp3) is 0.429. The van der Waals surface area contributed by atoms with E-state index in [-0.39, 0.29) is 30.4 Å². The zero-order valence-electron chi connectivity index (χ0n) is 12.3. The molecule has 0 aliphatic carbocycles. The molecule has 0 heterocycles. The molecule has 1 rings (SSSR count). The molecule has 21 heavy (non-hydrogen) atoms. The summed E-state index contributed by atoms with van der Waals surface area (Å²) in [5.74, 6) is -0.0639. The molecule has 0 saturated carbocycles. The number of halogens is 1. The second-order valence-electron chi connectivity index (χ2n) is 4.77. The highest BCUT2D eigenvalue weighted by atomic mass is 35.5. The van der Waals surface area contributed by atoms with Crippen LogP contribution in [0.1, 0.15) is 25.8 Å². The molecule has 0 unspecified atom stereocenters. The lowest BCUT2D eigenvalue weighted by atomic mass is 10.2. The van der Waals surface area contributed by atoms with E-state index in [1.165, 1.54) is 0 Å². The number of anilines is 1. The Morgan fingerprint density at radius 2 is 1.81 bits per heavy atom. The van der Waals surface area contributed by atoms with Gasteiger partial charge in [0, 0.05) is 31.2 Å². The molecule has 1 aromatic rings. The average molecular weight is 315 g/mol. The Morgan fingerprint density at radius 3 is 2.33 bits per heavy atom. The summed E-state index contributed by atoms with van der Waals surface area (Å²) in [5, 5.41) is 8.24. The Morgan fingerprint density at radius 1 is 1.19 bits per heavy atom. The molecule has 0 aliphatic rings. The number of hydrogen-bond donors (Lipinski definition) is 4. The Labute approximate surface area is 131 Å². The highest BCUT2D eigenvalue weighted by Crippen LogP contribution is 2.09. The number of carbonyl (C=O) groups excluding carboxylic acids is 2. The summed E-state index contributed by atoms with van der Waals surface area (Å²) in [7, 11) is 0. The van der Waals surface area contributed by atoms with Crippen molar-refractivity contribution in [3.8, 4) is 0 Å². The maximum absolute atomic E-state index is 11.5. The minimum absolute atomic E-state index is 0. The van der Waals surface area contributed by atoms with Gasteiger partial charge in [0.05, 0.1) is 0 Å². The molecule has 0 aromatic heterocycles. The van der Waals surface area contributed by atoms with Gasteiger partial charge in [-0.25, -0.2) is 4.79 Å². The molecule has 0 bridgehead atoms. The van der Waals surface area contributed by atoms with Gasteiger partial charge in [-0.3, -0.25) is 4.79 Å². The van der Waals surface area contributed by atoms with E-state index in [2.05, 4.69) is 16.0 Å². The van der Waals surface area contributed by atoms with Crippen molar-refractivity contribution in [3.05, 3.63) is 29.8 Å². The van der Waals surface area contributed by atoms with Gasteiger partial charge in [-0.2, -0.15) is 0 Å². The predicted molar refractivity (Wildman–Crippen MR) is 86.5 cm³/mol. The van der Waals surface area contributed by atoms with Crippen LogP contribution in [0.15, 0.2) is 24.3 Å². The fourth-order valence-electron chi connectivity index (χ4n) is 1.56. The zero-order chi connectivity index (χ0) is 15.0. The lowest BCUT2D eigenvalue weighted by Crippen LogP contribution is -2.34. The normalized spacial score (nSPS) is 9.71. The third kappa shape index (κ3) is 8.16. The standard InChI is InChI=1S/C14H22N4O2.ClH/c1-10(2)17-14(20)18-12-5-3-11(4-6-12)9-16-13(19)7-8-15;/h3-6,10H,7-9,15H2,1-2H3,(H,16,19)(H2,17,18,20);1H. The first-order chi connectivity index (χ1) is 9.51. The van der Waals surface area contributed by atoms with Gasteiger partial charge < -0.3 is 21.7 Å². The molecule has 6 nitrogen and oxygen atoms in total. The first-order valence-corrected chi connectivity index (χ1v) is 6.64. The molecule has 0 fully saturated rings. The largest absolute Gasteiger partial charge is 0.352 e. The van der Waals surface area contributed by atoms with Crippen LogP contribution in [0.5, 0.6) is 0 Å². The average Bonchev–Trinajstić information content (AvgIpc) is 2.37. The molecule has 5 N–H and O–H groups in total. The first-order valence-electron chi connectivity index (χ1n) is 6.64. The van der Waals surface area contributed by atoms with E-state index in [0.29, 0.717) is 25.2 Å². The van der Waals surface area contributed by atoms with Crippen molar-refractivity contribution in [1.29, 1.82) is 0 Å². The summed E-state index contributed by atoms with van der Waals surface area (Å²) >= 11 is 0. The number of amides is 3. The van der Waals surface area contributed by atoms with Crippen molar-refractivity contribution >= 4 is 30.0 Å². The van der Waals surface area contributed by atoms with E-state index in [1.54, 1.807) is 12.1 Å². The molecule has 0 spiro atoms. The van der Waals surface area contributed by atoms with E-state index in [1.807, 2.05) is 26.0 Å². The van der Waals surface area contributed by atoms with Crippen molar-refractivity contribution in [2.45, 2.75) is 32.9 Å². The first kappa shape index (κ1) is 19.2. The predicted octanol–water partition coefficient (Wildman–Crippen LogP) is 1.60. The van der Waals surface area contributed by atoms with Crippen LogP contribution in [0.3, 0.4) is 0 Å². The summed E-state index contributed by atoms with van der Waals surface area (Å²) in [4.78, 5) is 22.8. The van der Waals surface area contributed by atoms with Gasteiger partial charge in [-0.15, -0.1) is 12.4 Å². The highest BCUT2D eigenvalue weighted by Gasteiger charge is 2.03. The lowest BCUT2D eigenvalue weighted by molar-refractivity contribution is -0.121. The SMILES string of the molecule is CC(C)NC(=O)Nc1ccc(CNC(=O)CCN)cc1.Cl. The minimum atomic E-state index is -0.232. The smallest absolute Gasteiger partial charge is 0.319 e. The van der Waals surface area contributed by atoms with Gasteiger partial charge in [-0.1, -0.05) is 12.1 Å². The van der Waals surface area contributed by atoms with Crippen LogP contribution >= 0.6 is 12.4 Å². The summed E-state index contributed by atoms with van der Waals surface area (Å²) in [6.45, 7) is 4.59. The molecule has 7 heteroatoms. The van der Waals surface area contributed by atoms with Crippen molar-refractivity contribution < 1.29 is 9.59 Å². The monoisotopic (exact) mass is 314 g/mol. The van der Waals surface area contributed by atoms with Crippen LogP contribution in [0, 0.1) is 0 Å². The number of benzene rings is 1. The number of nitrogens with two attached hydrogens (primary N) is 1. The molecule has 0 saturated heterocycles. The van der Waals surface area contributed by atoms with Crippen molar-refractivity contribution in [2.24, 2.45) is 5.73 Å². The lowest BCUT2D eigenvalue weighted by Gasteiger charge is -2.10. The second kappa shape index (κ2) is 10.0. The number of hydrogen-bond acceptors (Lipinski definition) is 3. The fourth-order valence-corrected chi connectivity index (χ4v) is 1.56. The van der Waals surface area contributed by atoms with Crippen LogP contribution in [0.4, 0.5) is 10.5 Å². The summed E-state index contributed by atoms with van der Waals surface area (Å²) < 4.78 is 0. The van der Waals surface area contributed by atoms with Gasteiger partial charge in [0.2, 0.25) is 5.91 Å². The quantitative estimate of drug-likeness (QED) is 0.642. The summed E-state index contributed by atoms with van der Waals surface area (Å²) in [6, 6.07) is 7.16. The van der Waals surface area contributed by atoms with E-state index in [9.17, 15) is 9.59 Å². The molecule has 1 aromatic carbocycles. The van der Waals surface area contributed by atoms with Crippen LogP contribution in [-0.4, -0.2) is 24.5 Å². The summed E-state index contributed by atoms with van der Waals surface area (Å²) in [6.07, 6.45) is 0.328. The van der Waals surface area contributed by atoms with Crippen LogP contribution in [0.25, 0.3) is 0 Å². The second-order valence-corrected chi connectivity index (χ2v) is 4.77. The van der Waals surface area contributed by atoms with Gasteiger partial charge >= 0.3 is 6.03 Å². The van der Waals surface area contributed by atoms with E-state index in [4.69, 9.17) is 5.73 Å². The van der Waals surface area contributed by atoms with Crippen molar-refractivity contribution in [2.75, 3.05) is 11.9 Å². The van der Waals surface area contributed by atoms with Crippen LogP contribution in [-0.2, 0) is 11.3 Å². The van der Waals surface area contributed by atoms with Gasteiger partial charge in [0.25, 0.3) is 0 Å².